The average Bonchev–Trinajstić information content (AvgIpc) is 2.66. The van der Waals surface area contributed by atoms with Crippen molar-refractivity contribution in [3.05, 3.63) is 18.5 Å². The molecule has 25 heavy (non-hydrogen) atoms. The van der Waals surface area contributed by atoms with Gasteiger partial charge in [-0.2, -0.15) is 0 Å². The van der Waals surface area contributed by atoms with Crippen molar-refractivity contribution in [1.82, 2.24) is 25.5 Å². The molecule has 1 aromatic heterocycles. The number of amides is 1. The van der Waals surface area contributed by atoms with Gasteiger partial charge in [0, 0.05) is 58.8 Å². The number of aromatic nitrogens is 2. The number of piperazine rings is 1. The Kier molecular flexibility index (Phi) is 7.90. The molecule has 0 atom stereocenters. The van der Waals surface area contributed by atoms with Gasteiger partial charge >= 0.3 is 0 Å². The Morgan fingerprint density at radius 2 is 1.96 bits per heavy atom. The second kappa shape index (κ2) is 10.4. The van der Waals surface area contributed by atoms with Crippen LogP contribution in [-0.4, -0.2) is 86.3 Å². The number of nitrogens with zero attached hydrogens (tertiary/aromatic N) is 5. The standard InChI is InChI=1S/C16H27N7O2/c1-3-17-15(21-13-14(24)18-7-12-25-2)22-8-10-23(11-9-22)16-19-5-4-6-20-16/h4-6H,3,7-13H2,1-2H3,(H,17,21)(H,18,24). The van der Waals surface area contributed by atoms with E-state index in [2.05, 4.69) is 35.4 Å². The fraction of sp³-hybridized carbons (Fsp3) is 0.625. The van der Waals surface area contributed by atoms with E-state index in [0.29, 0.717) is 13.2 Å². The van der Waals surface area contributed by atoms with Crippen LogP contribution in [-0.2, 0) is 9.53 Å². The molecule has 2 N–H and O–H groups in total. The molecular weight excluding hydrogens is 322 g/mol. The first-order chi connectivity index (χ1) is 12.2. The van der Waals surface area contributed by atoms with Crippen LogP contribution < -0.4 is 15.5 Å². The monoisotopic (exact) mass is 349 g/mol. The third-order valence-corrected chi connectivity index (χ3v) is 3.75. The first kappa shape index (κ1) is 18.9. The summed E-state index contributed by atoms with van der Waals surface area (Å²) in [6, 6.07) is 1.81. The lowest BCUT2D eigenvalue weighted by atomic mass is 10.3. The van der Waals surface area contributed by atoms with Crippen molar-refractivity contribution in [3.8, 4) is 0 Å². The highest BCUT2D eigenvalue weighted by Crippen LogP contribution is 2.09. The Hall–Kier alpha value is -2.42. The minimum Gasteiger partial charge on any atom is -0.383 e. The molecule has 0 spiro atoms. The zero-order valence-corrected chi connectivity index (χ0v) is 14.9. The van der Waals surface area contributed by atoms with Gasteiger partial charge in [-0.05, 0) is 13.0 Å². The maximum absolute atomic E-state index is 11.8. The highest BCUT2D eigenvalue weighted by Gasteiger charge is 2.21. The van der Waals surface area contributed by atoms with Crippen LogP contribution in [0.3, 0.4) is 0 Å². The van der Waals surface area contributed by atoms with Crippen LogP contribution in [0.15, 0.2) is 23.5 Å². The van der Waals surface area contributed by atoms with Gasteiger partial charge in [-0.1, -0.05) is 0 Å². The smallest absolute Gasteiger partial charge is 0.241 e. The highest BCUT2D eigenvalue weighted by atomic mass is 16.5. The minimum absolute atomic E-state index is 0.105. The minimum atomic E-state index is -0.108. The molecular formula is C16H27N7O2. The van der Waals surface area contributed by atoms with E-state index >= 15 is 0 Å². The summed E-state index contributed by atoms with van der Waals surface area (Å²) in [6.07, 6.45) is 3.50. The number of anilines is 1. The number of nitrogens with one attached hydrogen (secondary N) is 2. The Balaban J connectivity index is 1.86. The van der Waals surface area contributed by atoms with E-state index < -0.39 is 0 Å². The molecule has 0 unspecified atom stereocenters. The molecule has 9 nitrogen and oxygen atoms in total. The zero-order valence-electron chi connectivity index (χ0n) is 14.9. The summed E-state index contributed by atoms with van der Waals surface area (Å²) in [5.74, 6) is 1.41. The summed E-state index contributed by atoms with van der Waals surface area (Å²) in [4.78, 5) is 29.1. The summed E-state index contributed by atoms with van der Waals surface area (Å²) >= 11 is 0. The lowest BCUT2D eigenvalue weighted by molar-refractivity contribution is -0.119. The van der Waals surface area contributed by atoms with E-state index in [1.54, 1.807) is 19.5 Å². The molecule has 1 amide bonds. The molecule has 2 rings (SSSR count). The van der Waals surface area contributed by atoms with Gasteiger partial charge in [-0.25, -0.2) is 15.0 Å². The lowest BCUT2D eigenvalue weighted by Gasteiger charge is -2.36. The van der Waals surface area contributed by atoms with Crippen molar-refractivity contribution in [2.75, 3.05) is 64.4 Å². The molecule has 1 aliphatic rings. The van der Waals surface area contributed by atoms with Crippen molar-refractivity contribution >= 4 is 17.8 Å². The molecule has 1 aromatic rings. The number of rotatable bonds is 7. The van der Waals surface area contributed by atoms with Crippen LogP contribution in [0.25, 0.3) is 0 Å². The quantitative estimate of drug-likeness (QED) is 0.383. The fourth-order valence-corrected chi connectivity index (χ4v) is 2.49. The Bertz CT molecular complexity index is 545. The number of ether oxygens (including phenoxy) is 1. The fourth-order valence-electron chi connectivity index (χ4n) is 2.49. The normalized spacial score (nSPS) is 15.2. The maximum Gasteiger partial charge on any atom is 0.241 e. The predicted octanol–water partition coefficient (Wildman–Crippen LogP) is -0.673. The van der Waals surface area contributed by atoms with Gasteiger partial charge in [0.2, 0.25) is 11.9 Å². The molecule has 9 heteroatoms. The predicted molar refractivity (Wildman–Crippen MR) is 96.7 cm³/mol. The molecule has 138 valence electrons. The summed E-state index contributed by atoms with van der Waals surface area (Å²) in [5.41, 5.74) is 0. The Labute approximate surface area is 148 Å². The number of carbonyl (C=O) groups excluding carboxylic acids is 1. The number of hydrogen-bond acceptors (Lipinski definition) is 6. The van der Waals surface area contributed by atoms with Gasteiger partial charge in [0.05, 0.1) is 6.61 Å². The third kappa shape index (κ3) is 6.18. The molecule has 2 heterocycles. The number of methoxy groups -OCH3 is 1. The van der Waals surface area contributed by atoms with Crippen LogP contribution in [0, 0.1) is 0 Å². The van der Waals surface area contributed by atoms with E-state index in [4.69, 9.17) is 4.74 Å². The first-order valence-electron chi connectivity index (χ1n) is 8.55. The number of hydrogen-bond donors (Lipinski definition) is 2. The van der Waals surface area contributed by atoms with Crippen LogP contribution in [0.5, 0.6) is 0 Å². The van der Waals surface area contributed by atoms with Gasteiger partial charge in [0.15, 0.2) is 5.96 Å². The number of carbonyl (C=O) groups is 1. The van der Waals surface area contributed by atoms with Crippen molar-refractivity contribution in [1.29, 1.82) is 0 Å². The number of aliphatic imine (C=N–C) groups is 1. The average molecular weight is 349 g/mol. The summed E-state index contributed by atoms with van der Waals surface area (Å²) < 4.78 is 4.91. The van der Waals surface area contributed by atoms with Gasteiger partial charge in [0.25, 0.3) is 0 Å². The van der Waals surface area contributed by atoms with Crippen molar-refractivity contribution < 1.29 is 9.53 Å². The summed E-state index contributed by atoms with van der Waals surface area (Å²) in [6.45, 7) is 7.10. The van der Waals surface area contributed by atoms with Crippen molar-refractivity contribution in [2.24, 2.45) is 4.99 Å². The van der Waals surface area contributed by atoms with Crippen LogP contribution >= 0.6 is 0 Å². The Morgan fingerprint density at radius 1 is 1.24 bits per heavy atom. The Morgan fingerprint density at radius 3 is 2.60 bits per heavy atom. The molecule has 1 aliphatic heterocycles. The summed E-state index contributed by atoms with van der Waals surface area (Å²) in [5, 5.41) is 6.02. The molecule has 0 saturated carbocycles. The zero-order chi connectivity index (χ0) is 17.9. The molecule has 1 fully saturated rings. The molecule has 0 radical (unpaired) electrons. The topological polar surface area (TPSA) is 95.0 Å². The van der Waals surface area contributed by atoms with Crippen LogP contribution in [0.1, 0.15) is 6.92 Å². The largest absolute Gasteiger partial charge is 0.383 e. The second-order valence-electron chi connectivity index (χ2n) is 5.54. The van der Waals surface area contributed by atoms with Crippen molar-refractivity contribution in [3.63, 3.8) is 0 Å². The second-order valence-corrected chi connectivity index (χ2v) is 5.54. The van der Waals surface area contributed by atoms with E-state index in [1.165, 1.54) is 0 Å². The third-order valence-electron chi connectivity index (χ3n) is 3.75. The summed E-state index contributed by atoms with van der Waals surface area (Å²) in [7, 11) is 1.60. The van der Waals surface area contributed by atoms with Gasteiger partial charge in [-0.3, -0.25) is 4.79 Å². The lowest BCUT2D eigenvalue weighted by Crippen LogP contribution is -2.53. The first-order valence-corrected chi connectivity index (χ1v) is 8.55. The van der Waals surface area contributed by atoms with Crippen LogP contribution in [0.4, 0.5) is 5.95 Å². The molecule has 1 saturated heterocycles. The van der Waals surface area contributed by atoms with Gasteiger partial charge in [0.1, 0.15) is 6.54 Å². The highest BCUT2D eigenvalue weighted by molar-refractivity contribution is 5.85. The SMILES string of the molecule is CCNC(=NCC(=O)NCCOC)N1CCN(c2ncccn2)CC1. The van der Waals surface area contributed by atoms with E-state index in [1.807, 2.05) is 13.0 Å². The van der Waals surface area contributed by atoms with E-state index in [9.17, 15) is 4.79 Å². The van der Waals surface area contributed by atoms with E-state index in [0.717, 1.165) is 44.6 Å². The van der Waals surface area contributed by atoms with Gasteiger partial charge in [-0.15, -0.1) is 0 Å². The maximum atomic E-state index is 11.8. The molecule has 0 aliphatic carbocycles. The van der Waals surface area contributed by atoms with Gasteiger partial charge < -0.3 is 25.2 Å². The number of guanidine groups is 1. The molecule has 0 aromatic carbocycles. The van der Waals surface area contributed by atoms with Crippen LogP contribution in [0.2, 0.25) is 0 Å². The van der Waals surface area contributed by atoms with Crippen molar-refractivity contribution in [2.45, 2.75) is 6.92 Å². The van der Waals surface area contributed by atoms with E-state index in [-0.39, 0.29) is 12.5 Å². The molecule has 0 bridgehead atoms.